The van der Waals surface area contributed by atoms with E-state index in [4.69, 9.17) is 9.47 Å². The molecule has 0 spiro atoms. The molecule has 5 nitrogen and oxygen atoms in total. The van der Waals surface area contributed by atoms with Crippen LogP contribution in [0.15, 0.2) is 23.1 Å². The SMILES string of the molecule is CC1(CCNS(=O)(=O)c2ccc3c(c2)CCCC3)OCCCO1. The monoisotopic (exact) mass is 339 g/mol. The van der Waals surface area contributed by atoms with Gasteiger partial charge in [-0.3, -0.25) is 0 Å². The summed E-state index contributed by atoms with van der Waals surface area (Å²) < 4.78 is 38.8. The summed E-state index contributed by atoms with van der Waals surface area (Å²) in [5.41, 5.74) is 2.46. The maximum atomic E-state index is 12.5. The molecular formula is C17H25NO4S. The molecule has 0 bridgehead atoms. The Morgan fingerprint density at radius 2 is 1.78 bits per heavy atom. The lowest BCUT2D eigenvalue weighted by atomic mass is 9.92. The third-order valence-corrected chi connectivity index (χ3v) is 6.06. The predicted molar refractivity (Wildman–Crippen MR) is 87.8 cm³/mol. The topological polar surface area (TPSA) is 64.6 Å². The van der Waals surface area contributed by atoms with E-state index in [2.05, 4.69) is 4.72 Å². The van der Waals surface area contributed by atoms with Gasteiger partial charge in [0.25, 0.3) is 0 Å². The third kappa shape index (κ3) is 4.12. The Morgan fingerprint density at radius 3 is 2.52 bits per heavy atom. The van der Waals surface area contributed by atoms with Crippen LogP contribution in [-0.2, 0) is 32.3 Å². The van der Waals surface area contributed by atoms with E-state index in [0.29, 0.717) is 31.1 Å². The number of hydrogen-bond acceptors (Lipinski definition) is 4. The summed E-state index contributed by atoms with van der Waals surface area (Å²) in [6, 6.07) is 5.49. The zero-order valence-electron chi connectivity index (χ0n) is 13.6. The van der Waals surface area contributed by atoms with Gasteiger partial charge >= 0.3 is 0 Å². The van der Waals surface area contributed by atoms with Gasteiger partial charge in [-0.1, -0.05) is 6.07 Å². The second-order valence-corrected chi connectivity index (χ2v) is 8.24. The first-order chi connectivity index (χ1) is 11.0. The highest BCUT2D eigenvalue weighted by Crippen LogP contribution is 2.25. The first-order valence-electron chi connectivity index (χ1n) is 8.38. The van der Waals surface area contributed by atoms with Crippen molar-refractivity contribution in [1.29, 1.82) is 0 Å². The predicted octanol–water partition coefficient (Wildman–Crippen LogP) is 2.39. The normalized spacial score (nSPS) is 20.9. The molecule has 1 N–H and O–H groups in total. The van der Waals surface area contributed by atoms with Gasteiger partial charge in [-0.05, 0) is 62.3 Å². The van der Waals surface area contributed by atoms with Crippen molar-refractivity contribution in [2.45, 2.75) is 56.1 Å². The highest BCUT2D eigenvalue weighted by atomic mass is 32.2. The average molecular weight is 339 g/mol. The van der Waals surface area contributed by atoms with E-state index in [-0.39, 0.29) is 0 Å². The van der Waals surface area contributed by atoms with Crippen LogP contribution in [0.2, 0.25) is 0 Å². The van der Waals surface area contributed by atoms with Crippen molar-refractivity contribution in [2.24, 2.45) is 0 Å². The van der Waals surface area contributed by atoms with Crippen LogP contribution in [-0.4, -0.2) is 34.0 Å². The molecule has 0 atom stereocenters. The summed E-state index contributed by atoms with van der Waals surface area (Å²) in [6.45, 7) is 3.48. The summed E-state index contributed by atoms with van der Waals surface area (Å²) in [5.74, 6) is -0.684. The molecule has 1 aromatic carbocycles. The fraction of sp³-hybridized carbons (Fsp3) is 0.647. The van der Waals surface area contributed by atoms with Crippen molar-refractivity contribution in [3.8, 4) is 0 Å². The first kappa shape index (κ1) is 16.9. The fourth-order valence-corrected chi connectivity index (χ4v) is 4.28. The Morgan fingerprint density at radius 1 is 1.09 bits per heavy atom. The summed E-state index contributed by atoms with van der Waals surface area (Å²) in [4.78, 5) is 0.355. The molecule has 3 rings (SSSR count). The smallest absolute Gasteiger partial charge is 0.240 e. The van der Waals surface area contributed by atoms with Crippen molar-refractivity contribution < 1.29 is 17.9 Å². The van der Waals surface area contributed by atoms with Gasteiger partial charge in [-0.2, -0.15) is 0 Å². The van der Waals surface area contributed by atoms with Gasteiger partial charge in [0, 0.05) is 13.0 Å². The molecule has 2 aliphatic rings. The Hall–Kier alpha value is -0.950. The highest BCUT2D eigenvalue weighted by molar-refractivity contribution is 7.89. The van der Waals surface area contributed by atoms with Gasteiger partial charge in [-0.15, -0.1) is 0 Å². The minimum absolute atomic E-state index is 0.302. The van der Waals surface area contributed by atoms with Crippen LogP contribution in [0.1, 0.15) is 43.7 Å². The van der Waals surface area contributed by atoms with E-state index in [9.17, 15) is 8.42 Å². The van der Waals surface area contributed by atoms with Crippen molar-refractivity contribution in [3.63, 3.8) is 0 Å². The number of sulfonamides is 1. The Kier molecular flexibility index (Phi) is 5.06. The molecule has 128 valence electrons. The zero-order valence-corrected chi connectivity index (χ0v) is 14.5. The van der Waals surface area contributed by atoms with Gasteiger partial charge in [0.2, 0.25) is 10.0 Å². The molecule has 1 aliphatic carbocycles. The molecule has 1 heterocycles. The average Bonchev–Trinajstić information content (AvgIpc) is 2.54. The number of benzene rings is 1. The molecule has 23 heavy (non-hydrogen) atoms. The Bertz CT molecular complexity index is 651. The minimum atomic E-state index is -3.48. The van der Waals surface area contributed by atoms with Crippen molar-refractivity contribution in [2.75, 3.05) is 19.8 Å². The lowest BCUT2D eigenvalue weighted by Crippen LogP contribution is -2.40. The van der Waals surface area contributed by atoms with Crippen LogP contribution in [0.5, 0.6) is 0 Å². The standard InChI is InChI=1S/C17H25NO4S/c1-17(21-11-4-12-22-17)9-10-18-23(19,20)16-8-7-14-5-2-3-6-15(14)13-16/h7-8,13,18H,2-6,9-12H2,1H3. The number of nitrogens with one attached hydrogen (secondary N) is 1. The molecule has 0 aromatic heterocycles. The molecular weight excluding hydrogens is 314 g/mol. The lowest BCUT2D eigenvalue weighted by Gasteiger charge is -2.33. The summed E-state index contributed by atoms with van der Waals surface area (Å²) in [5, 5.41) is 0. The van der Waals surface area contributed by atoms with E-state index in [1.165, 1.54) is 17.5 Å². The number of fused-ring (bicyclic) bond motifs is 1. The van der Waals surface area contributed by atoms with Gasteiger partial charge in [0.05, 0.1) is 18.1 Å². The Labute approximate surface area is 138 Å². The second kappa shape index (κ2) is 6.89. The van der Waals surface area contributed by atoms with Crippen molar-refractivity contribution in [1.82, 2.24) is 4.72 Å². The number of rotatable bonds is 5. The molecule has 6 heteroatoms. The van der Waals surface area contributed by atoms with Crippen LogP contribution >= 0.6 is 0 Å². The fourth-order valence-electron chi connectivity index (χ4n) is 3.19. The van der Waals surface area contributed by atoms with E-state index >= 15 is 0 Å². The number of hydrogen-bond donors (Lipinski definition) is 1. The van der Waals surface area contributed by atoms with E-state index < -0.39 is 15.8 Å². The van der Waals surface area contributed by atoms with Gasteiger partial charge in [-0.25, -0.2) is 13.1 Å². The van der Waals surface area contributed by atoms with Crippen LogP contribution in [0, 0.1) is 0 Å². The van der Waals surface area contributed by atoms with Crippen molar-refractivity contribution in [3.05, 3.63) is 29.3 Å². The summed E-state index contributed by atoms with van der Waals surface area (Å²) in [6.07, 6.45) is 5.73. The molecule has 0 unspecified atom stereocenters. The summed E-state index contributed by atoms with van der Waals surface area (Å²) in [7, 11) is -3.48. The highest BCUT2D eigenvalue weighted by Gasteiger charge is 2.29. The van der Waals surface area contributed by atoms with Crippen molar-refractivity contribution >= 4 is 10.0 Å². The van der Waals surface area contributed by atoms with E-state index in [1.807, 2.05) is 19.1 Å². The minimum Gasteiger partial charge on any atom is -0.350 e. The van der Waals surface area contributed by atoms with Crippen LogP contribution in [0.25, 0.3) is 0 Å². The number of aryl methyl sites for hydroxylation is 2. The maximum absolute atomic E-state index is 12.5. The van der Waals surface area contributed by atoms with Gasteiger partial charge in [0.15, 0.2) is 5.79 Å². The molecule has 1 saturated heterocycles. The van der Waals surface area contributed by atoms with Crippen LogP contribution in [0.4, 0.5) is 0 Å². The molecule has 1 fully saturated rings. The molecule has 0 saturated carbocycles. The molecule has 0 amide bonds. The Balaban J connectivity index is 1.62. The number of ether oxygens (including phenoxy) is 2. The van der Waals surface area contributed by atoms with Gasteiger partial charge < -0.3 is 9.47 Å². The van der Waals surface area contributed by atoms with E-state index in [0.717, 1.165) is 25.7 Å². The third-order valence-electron chi connectivity index (χ3n) is 4.60. The van der Waals surface area contributed by atoms with Crippen LogP contribution in [0.3, 0.4) is 0 Å². The van der Waals surface area contributed by atoms with Gasteiger partial charge in [0.1, 0.15) is 0 Å². The lowest BCUT2D eigenvalue weighted by molar-refractivity contribution is -0.257. The second-order valence-electron chi connectivity index (χ2n) is 6.47. The quantitative estimate of drug-likeness (QED) is 0.894. The largest absolute Gasteiger partial charge is 0.350 e. The molecule has 1 aliphatic heterocycles. The van der Waals surface area contributed by atoms with Crippen LogP contribution < -0.4 is 4.72 Å². The first-order valence-corrected chi connectivity index (χ1v) is 9.86. The van der Waals surface area contributed by atoms with E-state index in [1.54, 1.807) is 6.07 Å². The molecule has 0 radical (unpaired) electrons. The zero-order chi connectivity index (χ0) is 16.3. The molecule has 1 aromatic rings. The summed E-state index contributed by atoms with van der Waals surface area (Å²) >= 11 is 0. The maximum Gasteiger partial charge on any atom is 0.240 e.